The van der Waals surface area contributed by atoms with E-state index in [1.54, 1.807) is 6.20 Å². The second-order valence-electron chi connectivity index (χ2n) is 6.00. The Morgan fingerprint density at radius 3 is 2.80 bits per heavy atom. The van der Waals surface area contributed by atoms with E-state index in [2.05, 4.69) is 5.10 Å². The van der Waals surface area contributed by atoms with E-state index in [0.717, 1.165) is 25.1 Å². The molecule has 1 saturated carbocycles. The highest BCUT2D eigenvalue weighted by Crippen LogP contribution is 2.31. The number of aliphatic hydroxyl groups is 1. The van der Waals surface area contributed by atoms with Crippen molar-refractivity contribution in [1.29, 1.82) is 0 Å². The first-order chi connectivity index (χ1) is 9.72. The van der Waals surface area contributed by atoms with Gasteiger partial charge in [-0.25, -0.2) is 0 Å². The molecule has 2 heterocycles. The summed E-state index contributed by atoms with van der Waals surface area (Å²) in [5.41, 5.74) is 1.68. The average molecular weight is 277 g/mol. The van der Waals surface area contributed by atoms with Gasteiger partial charge in [-0.05, 0) is 32.6 Å². The first kappa shape index (κ1) is 13.6. The molecule has 1 aromatic rings. The number of amides is 1. The van der Waals surface area contributed by atoms with Gasteiger partial charge in [0.1, 0.15) is 0 Å². The molecule has 1 aromatic heterocycles. The predicted octanol–water partition coefficient (Wildman–Crippen LogP) is 1.90. The molecule has 3 rings (SSSR count). The van der Waals surface area contributed by atoms with E-state index < -0.39 is 0 Å². The number of hydrogen-bond acceptors (Lipinski definition) is 3. The number of rotatable bonds is 3. The van der Waals surface area contributed by atoms with E-state index in [0.29, 0.717) is 11.6 Å². The molecule has 1 amide bonds. The summed E-state index contributed by atoms with van der Waals surface area (Å²) >= 11 is 0. The zero-order valence-electron chi connectivity index (χ0n) is 12.1. The molecular formula is C15H23N3O2. The van der Waals surface area contributed by atoms with Gasteiger partial charge in [-0.3, -0.25) is 9.48 Å². The van der Waals surface area contributed by atoms with Gasteiger partial charge in [0.05, 0.1) is 30.5 Å². The molecule has 0 bridgehead atoms. The number of carbonyl (C=O) groups is 1. The lowest BCUT2D eigenvalue weighted by atomic mass is 10.2. The largest absolute Gasteiger partial charge is 0.394 e. The highest BCUT2D eigenvalue weighted by atomic mass is 16.3. The lowest BCUT2D eigenvalue weighted by Gasteiger charge is -2.23. The molecular weight excluding hydrogens is 254 g/mol. The third-order valence-electron chi connectivity index (χ3n) is 4.79. The minimum Gasteiger partial charge on any atom is -0.394 e. The monoisotopic (exact) mass is 277 g/mol. The number of likely N-dealkylation sites (tertiary alicyclic amines) is 1. The molecule has 5 heteroatoms. The van der Waals surface area contributed by atoms with Crippen molar-refractivity contribution in [3.05, 3.63) is 17.5 Å². The summed E-state index contributed by atoms with van der Waals surface area (Å²) in [4.78, 5) is 14.4. The molecule has 2 fully saturated rings. The average Bonchev–Trinajstić information content (AvgIpc) is 3.17. The first-order valence-corrected chi connectivity index (χ1v) is 7.68. The summed E-state index contributed by atoms with van der Waals surface area (Å²) in [6.07, 6.45) is 8.43. The Hall–Kier alpha value is -1.36. The summed E-state index contributed by atoms with van der Waals surface area (Å²) in [6.45, 7) is 2.79. The number of aromatic nitrogens is 2. The Morgan fingerprint density at radius 1 is 1.35 bits per heavy atom. The Morgan fingerprint density at radius 2 is 2.10 bits per heavy atom. The van der Waals surface area contributed by atoms with Crippen molar-refractivity contribution >= 4 is 5.91 Å². The molecule has 2 aliphatic rings. The minimum atomic E-state index is -0.0169. The molecule has 1 N–H and O–H groups in total. The maximum Gasteiger partial charge on any atom is 0.257 e. The van der Waals surface area contributed by atoms with Gasteiger partial charge in [-0.2, -0.15) is 5.10 Å². The molecule has 20 heavy (non-hydrogen) atoms. The van der Waals surface area contributed by atoms with Crippen molar-refractivity contribution in [2.45, 2.75) is 57.5 Å². The Balaban J connectivity index is 1.81. The van der Waals surface area contributed by atoms with Crippen LogP contribution in [0.3, 0.4) is 0 Å². The number of aliphatic hydroxyl groups excluding tert-OH is 1. The maximum atomic E-state index is 12.6. The van der Waals surface area contributed by atoms with Crippen LogP contribution in [0.15, 0.2) is 6.20 Å². The fourth-order valence-electron chi connectivity index (χ4n) is 3.60. The molecule has 1 atom stereocenters. The smallest absolute Gasteiger partial charge is 0.257 e. The molecule has 0 aromatic carbocycles. The normalized spacial score (nSPS) is 23.7. The SMILES string of the molecule is Cc1c(C(=O)N2CCC[C@@H]2CO)cnn1C1CCCC1. The van der Waals surface area contributed by atoms with E-state index in [1.807, 2.05) is 16.5 Å². The fourth-order valence-corrected chi connectivity index (χ4v) is 3.60. The van der Waals surface area contributed by atoms with Crippen LogP contribution in [0.4, 0.5) is 0 Å². The van der Waals surface area contributed by atoms with Crippen LogP contribution in [0.1, 0.15) is 60.6 Å². The van der Waals surface area contributed by atoms with Gasteiger partial charge in [-0.1, -0.05) is 12.8 Å². The van der Waals surface area contributed by atoms with Crippen molar-refractivity contribution in [1.82, 2.24) is 14.7 Å². The molecule has 1 aliphatic heterocycles. The van der Waals surface area contributed by atoms with Crippen LogP contribution in [0.25, 0.3) is 0 Å². The quantitative estimate of drug-likeness (QED) is 0.918. The highest BCUT2D eigenvalue weighted by molar-refractivity contribution is 5.95. The summed E-state index contributed by atoms with van der Waals surface area (Å²) in [7, 11) is 0. The van der Waals surface area contributed by atoms with E-state index in [-0.39, 0.29) is 18.6 Å². The molecule has 1 aliphatic carbocycles. The van der Waals surface area contributed by atoms with Crippen molar-refractivity contribution < 1.29 is 9.90 Å². The zero-order chi connectivity index (χ0) is 14.1. The Labute approximate surface area is 119 Å². The van der Waals surface area contributed by atoms with E-state index in [1.165, 1.54) is 25.7 Å². The molecule has 0 unspecified atom stereocenters. The van der Waals surface area contributed by atoms with Gasteiger partial charge < -0.3 is 10.0 Å². The Bertz CT molecular complexity index is 491. The van der Waals surface area contributed by atoms with Gasteiger partial charge in [0, 0.05) is 12.2 Å². The van der Waals surface area contributed by atoms with Gasteiger partial charge >= 0.3 is 0 Å². The summed E-state index contributed by atoms with van der Waals surface area (Å²) in [5.74, 6) is 0.0308. The summed E-state index contributed by atoms with van der Waals surface area (Å²) < 4.78 is 2.03. The van der Waals surface area contributed by atoms with E-state index in [9.17, 15) is 9.90 Å². The third kappa shape index (κ3) is 2.24. The molecule has 1 saturated heterocycles. The fraction of sp³-hybridized carbons (Fsp3) is 0.733. The van der Waals surface area contributed by atoms with Crippen molar-refractivity contribution in [3.63, 3.8) is 0 Å². The standard InChI is InChI=1S/C15H23N3O2/c1-11-14(9-16-18(11)12-5-2-3-6-12)15(20)17-8-4-7-13(17)10-19/h9,12-13,19H,2-8,10H2,1H3/t13-/m1/s1. The van der Waals surface area contributed by atoms with E-state index in [4.69, 9.17) is 0 Å². The van der Waals surface area contributed by atoms with Crippen molar-refractivity contribution in [2.24, 2.45) is 0 Å². The van der Waals surface area contributed by atoms with Crippen molar-refractivity contribution in [3.8, 4) is 0 Å². The zero-order valence-corrected chi connectivity index (χ0v) is 12.1. The van der Waals surface area contributed by atoms with Gasteiger partial charge in [0.2, 0.25) is 0 Å². The molecule has 0 radical (unpaired) electrons. The van der Waals surface area contributed by atoms with Crippen LogP contribution < -0.4 is 0 Å². The number of nitrogens with zero attached hydrogens (tertiary/aromatic N) is 3. The predicted molar refractivity (Wildman–Crippen MR) is 75.6 cm³/mol. The lowest BCUT2D eigenvalue weighted by molar-refractivity contribution is 0.0676. The Kier molecular flexibility index (Phi) is 3.78. The second kappa shape index (κ2) is 5.56. The highest BCUT2D eigenvalue weighted by Gasteiger charge is 2.31. The molecule has 5 nitrogen and oxygen atoms in total. The number of carbonyl (C=O) groups excluding carboxylic acids is 1. The summed E-state index contributed by atoms with van der Waals surface area (Å²) in [5, 5.41) is 13.8. The van der Waals surface area contributed by atoms with Crippen molar-refractivity contribution in [2.75, 3.05) is 13.2 Å². The van der Waals surface area contributed by atoms with Gasteiger partial charge in [0.25, 0.3) is 5.91 Å². The van der Waals surface area contributed by atoms with Crippen LogP contribution in [0, 0.1) is 6.92 Å². The number of hydrogen-bond donors (Lipinski definition) is 1. The van der Waals surface area contributed by atoms with Gasteiger partial charge in [-0.15, -0.1) is 0 Å². The van der Waals surface area contributed by atoms with Crippen LogP contribution >= 0.6 is 0 Å². The molecule has 110 valence electrons. The third-order valence-corrected chi connectivity index (χ3v) is 4.79. The topological polar surface area (TPSA) is 58.4 Å². The van der Waals surface area contributed by atoms with Crippen LogP contribution in [-0.2, 0) is 0 Å². The minimum absolute atomic E-state index is 0.0169. The van der Waals surface area contributed by atoms with Crippen LogP contribution in [0.2, 0.25) is 0 Å². The van der Waals surface area contributed by atoms with Crippen LogP contribution in [-0.4, -0.2) is 44.9 Å². The van der Waals surface area contributed by atoms with E-state index >= 15 is 0 Å². The maximum absolute atomic E-state index is 12.6. The first-order valence-electron chi connectivity index (χ1n) is 7.68. The van der Waals surface area contributed by atoms with Crippen LogP contribution in [0.5, 0.6) is 0 Å². The lowest BCUT2D eigenvalue weighted by Crippen LogP contribution is -2.37. The summed E-state index contributed by atoms with van der Waals surface area (Å²) in [6, 6.07) is 0.445. The second-order valence-corrected chi connectivity index (χ2v) is 6.00. The molecule has 0 spiro atoms. The van der Waals surface area contributed by atoms with Gasteiger partial charge in [0.15, 0.2) is 0 Å².